The molecular formula is C60H42N2. The van der Waals surface area contributed by atoms with Crippen LogP contribution in [0.15, 0.2) is 255 Å². The van der Waals surface area contributed by atoms with Crippen LogP contribution in [0.25, 0.3) is 83.1 Å². The number of para-hydroxylation sites is 1. The molecule has 292 valence electrons. The smallest absolute Gasteiger partial charge is 0.0541 e. The Morgan fingerprint density at radius 1 is 0.226 bits per heavy atom. The van der Waals surface area contributed by atoms with Crippen molar-refractivity contribution < 1.29 is 0 Å². The van der Waals surface area contributed by atoms with Crippen LogP contribution in [0.5, 0.6) is 0 Å². The van der Waals surface area contributed by atoms with Gasteiger partial charge in [0, 0.05) is 33.5 Å². The summed E-state index contributed by atoms with van der Waals surface area (Å²) in [5.41, 5.74) is 18.9. The minimum atomic E-state index is 1.10. The number of hydrogen-bond donors (Lipinski definition) is 0. The normalized spacial score (nSPS) is 11.2. The number of rotatable bonds is 9. The van der Waals surface area contributed by atoms with E-state index in [1.807, 2.05) is 0 Å². The second-order valence-electron chi connectivity index (χ2n) is 15.8. The number of hydrogen-bond acceptors (Lipinski definition) is 1. The Kier molecular flexibility index (Phi) is 9.57. The average molecular weight is 791 g/mol. The molecule has 0 aliphatic heterocycles. The summed E-state index contributed by atoms with van der Waals surface area (Å²) in [5.74, 6) is 0. The highest BCUT2D eigenvalue weighted by Gasteiger charge is 2.16. The summed E-state index contributed by atoms with van der Waals surface area (Å²) < 4.78 is 2.39. The van der Waals surface area contributed by atoms with E-state index in [-0.39, 0.29) is 0 Å². The molecule has 0 N–H and O–H groups in total. The third-order valence-electron chi connectivity index (χ3n) is 12.0. The molecule has 0 aliphatic rings. The molecule has 62 heavy (non-hydrogen) atoms. The fourth-order valence-corrected chi connectivity index (χ4v) is 8.84. The second kappa shape index (κ2) is 16.1. The van der Waals surface area contributed by atoms with Crippen molar-refractivity contribution in [1.82, 2.24) is 4.57 Å². The van der Waals surface area contributed by atoms with Gasteiger partial charge in [0.05, 0.1) is 11.0 Å². The lowest BCUT2D eigenvalue weighted by atomic mass is 9.98. The van der Waals surface area contributed by atoms with E-state index < -0.39 is 0 Å². The van der Waals surface area contributed by atoms with Crippen LogP contribution in [0.2, 0.25) is 0 Å². The van der Waals surface area contributed by atoms with E-state index in [1.54, 1.807) is 0 Å². The summed E-state index contributed by atoms with van der Waals surface area (Å²) in [7, 11) is 0. The molecule has 0 saturated carbocycles. The van der Waals surface area contributed by atoms with E-state index >= 15 is 0 Å². The first-order valence-corrected chi connectivity index (χ1v) is 21.2. The Morgan fingerprint density at radius 2 is 0.532 bits per heavy atom. The van der Waals surface area contributed by atoms with Crippen molar-refractivity contribution in [3.63, 3.8) is 0 Å². The molecule has 10 aromatic carbocycles. The van der Waals surface area contributed by atoms with E-state index in [9.17, 15) is 0 Å². The molecule has 0 amide bonds. The van der Waals surface area contributed by atoms with Gasteiger partial charge in [0.15, 0.2) is 0 Å². The van der Waals surface area contributed by atoms with Gasteiger partial charge in [0.2, 0.25) is 0 Å². The van der Waals surface area contributed by atoms with Crippen molar-refractivity contribution in [2.45, 2.75) is 0 Å². The van der Waals surface area contributed by atoms with Crippen LogP contribution in [0.1, 0.15) is 0 Å². The van der Waals surface area contributed by atoms with E-state index in [1.165, 1.54) is 77.4 Å². The topological polar surface area (TPSA) is 8.17 Å². The van der Waals surface area contributed by atoms with Gasteiger partial charge in [-0.2, -0.15) is 0 Å². The quantitative estimate of drug-likeness (QED) is 0.141. The van der Waals surface area contributed by atoms with Gasteiger partial charge in [-0.3, -0.25) is 0 Å². The summed E-state index contributed by atoms with van der Waals surface area (Å²) in [6.45, 7) is 0. The number of anilines is 3. The van der Waals surface area contributed by atoms with Crippen LogP contribution in [0.3, 0.4) is 0 Å². The Labute approximate surface area is 362 Å². The van der Waals surface area contributed by atoms with Gasteiger partial charge < -0.3 is 9.47 Å². The first-order valence-electron chi connectivity index (χ1n) is 21.2. The molecular weight excluding hydrogens is 749 g/mol. The zero-order valence-electron chi connectivity index (χ0n) is 34.1. The molecule has 11 aromatic rings. The number of nitrogens with zero attached hydrogens (tertiary/aromatic N) is 2. The zero-order chi connectivity index (χ0) is 41.2. The Balaban J connectivity index is 0.886. The molecule has 0 radical (unpaired) electrons. The first kappa shape index (κ1) is 36.8. The molecule has 0 unspecified atom stereocenters. The second-order valence-corrected chi connectivity index (χ2v) is 15.8. The van der Waals surface area contributed by atoms with Crippen LogP contribution in [-0.2, 0) is 0 Å². The van der Waals surface area contributed by atoms with Crippen molar-refractivity contribution in [3.05, 3.63) is 255 Å². The highest BCUT2D eigenvalue weighted by molar-refractivity contribution is 6.10. The lowest BCUT2D eigenvalue weighted by molar-refractivity contribution is 1.18. The molecule has 1 heterocycles. The third-order valence-corrected chi connectivity index (χ3v) is 12.0. The number of benzene rings is 10. The highest BCUT2D eigenvalue weighted by Crippen LogP contribution is 2.39. The van der Waals surface area contributed by atoms with E-state index in [0.717, 1.165) is 22.7 Å². The molecule has 0 atom stereocenters. The van der Waals surface area contributed by atoms with Gasteiger partial charge in [0.25, 0.3) is 0 Å². The summed E-state index contributed by atoms with van der Waals surface area (Å²) in [6, 6.07) is 91.9. The van der Waals surface area contributed by atoms with E-state index in [2.05, 4.69) is 264 Å². The SMILES string of the molecule is c1ccc(-c2ccc(N(c3ccc(-c4ccccc4)cc3)c3ccc(-c4ccc(-c5ccc6c(c5)c5ccccc5n6-c5ccc(-c6ccccc6)cc5)cc4)cc3)cc2)cc1. The highest BCUT2D eigenvalue weighted by atomic mass is 15.1. The molecule has 0 fully saturated rings. The van der Waals surface area contributed by atoms with Crippen LogP contribution in [0.4, 0.5) is 17.1 Å². The molecule has 11 rings (SSSR count). The minimum absolute atomic E-state index is 1.10. The zero-order valence-corrected chi connectivity index (χ0v) is 34.1. The maximum absolute atomic E-state index is 2.39. The van der Waals surface area contributed by atoms with Crippen molar-refractivity contribution in [3.8, 4) is 61.3 Å². The van der Waals surface area contributed by atoms with Crippen molar-refractivity contribution >= 4 is 38.9 Å². The van der Waals surface area contributed by atoms with Gasteiger partial charge >= 0.3 is 0 Å². The minimum Gasteiger partial charge on any atom is -0.311 e. The van der Waals surface area contributed by atoms with Crippen LogP contribution in [0, 0.1) is 0 Å². The molecule has 0 spiro atoms. The number of fused-ring (bicyclic) bond motifs is 3. The molecule has 0 bridgehead atoms. The summed E-state index contributed by atoms with van der Waals surface area (Å²) in [6.07, 6.45) is 0. The predicted molar refractivity (Wildman–Crippen MR) is 263 cm³/mol. The Morgan fingerprint density at radius 3 is 0.968 bits per heavy atom. The van der Waals surface area contributed by atoms with Crippen LogP contribution < -0.4 is 4.90 Å². The monoisotopic (exact) mass is 790 g/mol. The van der Waals surface area contributed by atoms with Gasteiger partial charge in [-0.1, -0.05) is 188 Å². The fraction of sp³-hybridized carbons (Fsp3) is 0. The van der Waals surface area contributed by atoms with Crippen molar-refractivity contribution in [2.24, 2.45) is 0 Å². The molecule has 0 aliphatic carbocycles. The van der Waals surface area contributed by atoms with Crippen LogP contribution >= 0.6 is 0 Å². The lowest BCUT2D eigenvalue weighted by Crippen LogP contribution is -2.09. The largest absolute Gasteiger partial charge is 0.311 e. The standard InChI is InChI=1S/C60H42N2/c1-4-12-43(13-5-1)47-24-33-53(34-25-47)61(54-35-26-48(27-36-54)44-14-6-2-7-15-44)55-37-28-50(29-38-55)46-20-22-51(23-21-46)52-32-41-60-58(42-52)57-18-10-11-19-59(57)62(60)56-39-30-49(31-40-56)45-16-8-3-9-17-45/h1-42H. The summed E-state index contributed by atoms with van der Waals surface area (Å²) >= 11 is 0. The lowest BCUT2D eigenvalue weighted by Gasteiger charge is -2.26. The van der Waals surface area contributed by atoms with E-state index in [0.29, 0.717) is 0 Å². The maximum atomic E-state index is 2.39. The maximum Gasteiger partial charge on any atom is 0.0541 e. The van der Waals surface area contributed by atoms with Crippen molar-refractivity contribution in [1.29, 1.82) is 0 Å². The molecule has 1 aromatic heterocycles. The molecule has 2 heteroatoms. The van der Waals surface area contributed by atoms with Gasteiger partial charge in [0.1, 0.15) is 0 Å². The summed E-state index contributed by atoms with van der Waals surface area (Å²) in [5, 5.41) is 2.50. The summed E-state index contributed by atoms with van der Waals surface area (Å²) in [4.78, 5) is 2.34. The van der Waals surface area contributed by atoms with Crippen LogP contribution in [-0.4, -0.2) is 4.57 Å². The van der Waals surface area contributed by atoms with E-state index in [4.69, 9.17) is 0 Å². The first-order chi connectivity index (χ1) is 30.7. The average Bonchev–Trinajstić information content (AvgIpc) is 3.69. The van der Waals surface area contributed by atoms with Crippen molar-refractivity contribution in [2.75, 3.05) is 4.90 Å². The van der Waals surface area contributed by atoms with Gasteiger partial charge in [-0.25, -0.2) is 0 Å². The third kappa shape index (κ3) is 7.04. The number of aromatic nitrogens is 1. The molecule has 2 nitrogen and oxygen atoms in total. The fourth-order valence-electron chi connectivity index (χ4n) is 8.84. The van der Waals surface area contributed by atoms with Gasteiger partial charge in [-0.15, -0.1) is 0 Å². The molecule has 0 saturated heterocycles. The Hall–Kier alpha value is -8.20. The Bertz CT molecular complexity index is 3180. The predicted octanol–water partition coefficient (Wildman–Crippen LogP) is 16.6. The van der Waals surface area contributed by atoms with Gasteiger partial charge in [-0.05, 0) is 122 Å².